The molecule has 0 aliphatic carbocycles. The zero-order valence-electron chi connectivity index (χ0n) is 10.5. The minimum Gasteiger partial charge on any atom is -0.383 e. The first kappa shape index (κ1) is 15.3. The highest BCUT2D eigenvalue weighted by Gasteiger charge is 2.11. The van der Waals surface area contributed by atoms with Gasteiger partial charge in [-0.1, -0.05) is 0 Å². The summed E-state index contributed by atoms with van der Waals surface area (Å²) in [5, 5.41) is 2.76. The molecular weight excluding hydrogens is 208 g/mol. The van der Waals surface area contributed by atoms with Crippen LogP contribution >= 0.6 is 0 Å². The molecule has 1 unspecified atom stereocenters. The largest absolute Gasteiger partial charge is 0.383 e. The van der Waals surface area contributed by atoms with E-state index < -0.39 is 6.04 Å². The highest BCUT2D eigenvalue weighted by molar-refractivity contribution is 5.81. The molecule has 0 bridgehead atoms. The Morgan fingerprint density at radius 3 is 2.62 bits per heavy atom. The Hall–Kier alpha value is -0.650. The zero-order valence-corrected chi connectivity index (χ0v) is 10.5. The van der Waals surface area contributed by atoms with E-state index in [0.717, 1.165) is 19.4 Å². The lowest BCUT2D eigenvalue weighted by Crippen LogP contribution is -2.43. The quantitative estimate of drug-likeness (QED) is 0.560. The monoisotopic (exact) mass is 232 g/mol. The van der Waals surface area contributed by atoms with Gasteiger partial charge in [-0.15, -0.1) is 0 Å². The summed E-state index contributed by atoms with van der Waals surface area (Å²) < 4.78 is 10.2. The van der Waals surface area contributed by atoms with Gasteiger partial charge in [-0.25, -0.2) is 0 Å². The first-order valence-electron chi connectivity index (χ1n) is 5.71. The number of rotatable bonds is 9. The van der Waals surface area contributed by atoms with Crippen LogP contribution in [0.1, 0.15) is 26.7 Å². The van der Waals surface area contributed by atoms with E-state index in [1.807, 2.05) is 13.8 Å². The fourth-order valence-electron chi connectivity index (χ4n) is 1.14. The molecule has 0 aromatic carbocycles. The van der Waals surface area contributed by atoms with Gasteiger partial charge in [0, 0.05) is 20.3 Å². The molecule has 96 valence electrons. The minimum atomic E-state index is -0.572. The molecule has 0 spiro atoms. The van der Waals surface area contributed by atoms with Gasteiger partial charge in [0.1, 0.15) is 6.04 Å². The van der Waals surface area contributed by atoms with Gasteiger partial charge in [0.15, 0.2) is 0 Å². The first-order valence-corrected chi connectivity index (χ1v) is 5.71. The summed E-state index contributed by atoms with van der Waals surface area (Å²) in [6, 6.07) is -0.572. The molecule has 0 aromatic rings. The Bertz CT molecular complexity index is 186. The van der Waals surface area contributed by atoms with E-state index >= 15 is 0 Å². The SMILES string of the molecule is COCC(N)C(=O)NCCCCOC(C)C. The zero-order chi connectivity index (χ0) is 12.4. The highest BCUT2D eigenvalue weighted by Crippen LogP contribution is 1.93. The summed E-state index contributed by atoms with van der Waals surface area (Å²) >= 11 is 0. The number of amides is 1. The summed E-state index contributed by atoms with van der Waals surface area (Å²) in [6.45, 7) is 5.63. The van der Waals surface area contributed by atoms with Crippen molar-refractivity contribution in [1.29, 1.82) is 0 Å². The van der Waals surface area contributed by atoms with Gasteiger partial charge >= 0.3 is 0 Å². The third-order valence-corrected chi connectivity index (χ3v) is 2.00. The van der Waals surface area contributed by atoms with Crippen LogP contribution in [-0.2, 0) is 14.3 Å². The molecule has 0 saturated carbocycles. The van der Waals surface area contributed by atoms with Gasteiger partial charge in [-0.3, -0.25) is 4.79 Å². The van der Waals surface area contributed by atoms with Crippen LogP contribution in [0, 0.1) is 0 Å². The Kier molecular flexibility index (Phi) is 9.18. The van der Waals surface area contributed by atoms with E-state index in [9.17, 15) is 4.79 Å². The second kappa shape index (κ2) is 9.57. The number of nitrogens with one attached hydrogen (secondary N) is 1. The molecule has 3 N–H and O–H groups in total. The lowest BCUT2D eigenvalue weighted by Gasteiger charge is -2.11. The molecule has 5 heteroatoms. The predicted octanol–water partition coefficient (Wildman–Crippen LogP) is 0.282. The van der Waals surface area contributed by atoms with Crippen molar-refractivity contribution in [3.8, 4) is 0 Å². The van der Waals surface area contributed by atoms with Gasteiger partial charge in [-0.05, 0) is 26.7 Å². The number of unbranched alkanes of at least 4 members (excludes halogenated alkanes) is 1. The maximum absolute atomic E-state index is 11.3. The van der Waals surface area contributed by atoms with Gasteiger partial charge in [0.2, 0.25) is 5.91 Å². The first-order chi connectivity index (χ1) is 7.57. The summed E-state index contributed by atoms with van der Waals surface area (Å²) in [7, 11) is 1.52. The summed E-state index contributed by atoms with van der Waals surface area (Å²) in [4.78, 5) is 11.3. The lowest BCUT2D eigenvalue weighted by atomic mass is 10.3. The van der Waals surface area contributed by atoms with E-state index in [1.165, 1.54) is 7.11 Å². The smallest absolute Gasteiger partial charge is 0.239 e. The Morgan fingerprint density at radius 1 is 1.38 bits per heavy atom. The van der Waals surface area contributed by atoms with Crippen molar-refractivity contribution >= 4 is 5.91 Å². The molecule has 1 amide bonds. The van der Waals surface area contributed by atoms with Crippen LogP contribution < -0.4 is 11.1 Å². The third kappa shape index (κ3) is 8.64. The Balaban J connectivity index is 3.34. The summed E-state index contributed by atoms with van der Waals surface area (Å²) in [5.74, 6) is -0.161. The topological polar surface area (TPSA) is 73.6 Å². The lowest BCUT2D eigenvalue weighted by molar-refractivity contribution is -0.123. The average molecular weight is 232 g/mol. The molecule has 1 atom stereocenters. The standard InChI is InChI=1S/C11H24N2O3/c1-9(2)16-7-5-4-6-13-11(14)10(12)8-15-3/h9-10H,4-8,12H2,1-3H3,(H,13,14). The van der Waals surface area contributed by atoms with Crippen LogP contribution in [0.15, 0.2) is 0 Å². The van der Waals surface area contributed by atoms with Crippen molar-refractivity contribution < 1.29 is 14.3 Å². The van der Waals surface area contributed by atoms with E-state index in [2.05, 4.69) is 5.32 Å². The summed E-state index contributed by atoms with van der Waals surface area (Å²) in [5.41, 5.74) is 5.55. The van der Waals surface area contributed by atoms with Crippen LogP contribution in [0.4, 0.5) is 0 Å². The van der Waals surface area contributed by atoms with E-state index in [-0.39, 0.29) is 18.6 Å². The molecule has 0 saturated heterocycles. The maximum Gasteiger partial charge on any atom is 0.239 e. The van der Waals surface area contributed by atoms with E-state index in [1.54, 1.807) is 0 Å². The number of carbonyl (C=O) groups is 1. The molecule has 0 aliphatic heterocycles. The molecule has 0 heterocycles. The number of hydrogen-bond donors (Lipinski definition) is 2. The number of nitrogens with two attached hydrogens (primary N) is 1. The second-order valence-corrected chi connectivity index (χ2v) is 3.98. The fraction of sp³-hybridized carbons (Fsp3) is 0.909. The van der Waals surface area contributed by atoms with Crippen LogP contribution in [0.5, 0.6) is 0 Å². The van der Waals surface area contributed by atoms with Crippen molar-refractivity contribution in [2.45, 2.75) is 38.8 Å². The molecular formula is C11H24N2O3. The number of methoxy groups -OCH3 is 1. The van der Waals surface area contributed by atoms with Crippen LogP contribution in [0.3, 0.4) is 0 Å². The molecule has 16 heavy (non-hydrogen) atoms. The molecule has 0 fully saturated rings. The minimum absolute atomic E-state index is 0.161. The van der Waals surface area contributed by atoms with Crippen LogP contribution in [0.2, 0.25) is 0 Å². The Morgan fingerprint density at radius 2 is 2.06 bits per heavy atom. The van der Waals surface area contributed by atoms with Gasteiger partial charge < -0.3 is 20.5 Å². The molecule has 5 nitrogen and oxygen atoms in total. The van der Waals surface area contributed by atoms with Crippen molar-refractivity contribution in [3.63, 3.8) is 0 Å². The molecule has 0 aromatic heterocycles. The van der Waals surface area contributed by atoms with E-state index in [0.29, 0.717) is 6.54 Å². The Labute approximate surface area is 97.7 Å². The van der Waals surface area contributed by atoms with Gasteiger partial charge in [0.25, 0.3) is 0 Å². The van der Waals surface area contributed by atoms with Gasteiger partial charge in [0.05, 0.1) is 12.7 Å². The van der Waals surface area contributed by atoms with Crippen molar-refractivity contribution in [3.05, 3.63) is 0 Å². The van der Waals surface area contributed by atoms with Crippen molar-refractivity contribution in [2.24, 2.45) is 5.73 Å². The maximum atomic E-state index is 11.3. The molecule has 0 aliphatic rings. The fourth-order valence-corrected chi connectivity index (χ4v) is 1.14. The molecule has 0 rings (SSSR count). The number of hydrogen-bond acceptors (Lipinski definition) is 4. The van der Waals surface area contributed by atoms with E-state index in [4.69, 9.17) is 15.2 Å². The molecule has 0 radical (unpaired) electrons. The predicted molar refractivity (Wildman–Crippen MR) is 63.2 cm³/mol. The van der Waals surface area contributed by atoms with Crippen LogP contribution in [0.25, 0.3) is 0 Å². The average Bonchev–Trinajstić information content (AvgIpc) is 2.22. The van der Waals surface area contributed by atoms with Gasteiger partial charge in [-0.2, -0.15) is 0 Å². The highest BCUT2D eigenvalue weighted by atomic mass is 16.5. The second-order valence-electron chi connectivity index (χ2n) is 3.98. The van der Waals surface area contributed by atoms with Crippen molar-refractivity contribution in [2.75, 3.05) is 26.9 Å². The third-order valence-electron chi connectivity index (χ3n) is 2.00. The van der Waals surface area contributed by atoms with Crippen molar-refractivity contribution in [1.82, 2.24) is 5.32 Å². The normalized spacial score (nSPS) is 12.8. The number of ether oxygens (including phenoxy) is 2. The van der Waals surface area contributed by atoms with Crippen LogP contribution in [-0.4, -0.2) is 44.9 Å². The number of carbonyl (C=O) groups excluding carboxylic acids is 1. The summed E-state index contributed by atoms with van der Waals surface area (Å²) in [6.07, 6.45) is 2.11.